The van der Waals surface area contributed by atoms with Crippen molar-refractivity contribution in [3.8, 4) is 11.3 Å². The maximum Gasteiger partial charge on any atom is 0.255 e. The lowest BCUT2D eigenvalue weighted by Gasteiger charge is -2.59. The Morgan fingerprint density at radius 2 is 1.87 bits per heavy atom. The van der Waals surface area contributed by atoms with Crippen molar-refractivity contribution < 1.29 is 4.79 Å². The molecule has 0 saturated carbocycles. The molecule has 2 N–H and O–H groups in total. The van der Waals surface area contributed by atoms with Crippen LogP contribution in [0.4, 0.5) is 17.5 Å². The van der Waals surface area contributed by atoms with Crippen molar-refractivity contribution in [1.82, 2.24) is 40.3 Å². The normalized spacial score (nSPS) is 19.7. The van der Waals surface area contributed by atoms with E-state index in [0.717, 1.165) is 59.9 Å². The summed E-state index contributed by atoms with van der Waals surface area (Å²) in [4.78, 5) is 24.8. The fourth-order valence-corrected chi connectivity index (χ4v) is 6.53. The number of carbonyl (C=O) groups is 1. The van der Waals surface area contributed by atoms with Gasteiger partial charge in [0.25, 0.3) is 5.91 Å². The molecular formula is C27H31N11O. The first-order chi connectivity index (χ1) is 18.6. The molecule has 4 aromatic rings. The van der Waals surface area contributed by atoms with Crippen LogP contribution in [0.3, 0.4) is 0 Å². The van der Waals surface area contributed by atoms with Gasteiger partial charge in [-0.15, -0.1) is 0 Å². The number of pyridine rings is 1. The molecule has 0 unspecified atom stereocenters. The van der Waals surface area contributed by atoms with Crippen LogP contribution in [0, 0.1) is 5.41 Å². The summed E-state index contributed by atoms with van der Waals surface area (Å²) in [6.07, 6.45) is 1.85. The molecule has 7 rings (SSSR count). The lowest BCUT2D eigenvalue weighted by atomic mass is 9.73. The number of H-pyrrole nitrogens is 1. The number of tetrazole rings is 1. The Labute approximate surface area is 225 Å². The first-order valence-corrected chi connectivity index (χ1v) is 13.1. The quantitative estimate of drug-likeness (QED) is 0.413. The number of amides is 1. The van der Waals surface area contributed by atoms with Crippen LogP contribution in [0.1, 0.15) is 20.8 Å². The molecule has 2 saturated heterocycles. The van der Waals surface area contributed by atoms with Gasteiger partial charge in [0.2, 0.25) is 5.95 Å². The Morgan fingerprint density at radius 3 is 2.64 bits per heavy atom. The zero-order valence-corrected chi connectivity index (χ0v) is 22.7. The first-order valence-electron chi connectivity index (χ1n) is 13.1. The van der Waals surface area contributed by atoms with Crippen LogP contribution in [0.15, 0.2) is 47.8 Å². The zero-order chi connectivity index (χ0) is 27.1. The molecule has 12 nitrogen and oxygen atoms in total. The van der Waals surface area contributed by atoms with Gasteiger partial charge in [-0.1, -0.05) is 5.10 Å². The first kappa shape index (κ1) is 23.8. The van der Waals surface area contributed by atoms with Gasteiger partial charge in [0.1, 0.15) is 11.5 Å². The minimum atomic E-state index is -0.720. The van der Waals surface area contributed by atoms with Gasteiger partial charge in [-0.2, -0.15) is 5.10 Å². The summed E-state index contributed by atoms with van der Waals surface area (Å²) in [5.74, 6) is 1.37. The molecule has 39 heavy (non-hydrogen) atoms. The highest BCUT2D eigenvalue weighted by Crippen LogP contribution is 2.41. The van der Waals surface area contributed by atoms with Crippen molar-refractivity contribution in [1.29, 1.82) is 0 Å². The van der Waals surface area contributed by atoms with Gasteiger partial charge in [-0.05, 0) is 68.6 Å². The topological polar surface area (TPSA) is 124 Å². The molecule has 1 spiro atoms. The lowest BCUT2D eigenvalue weighted by Crippen LogP contribution is -2.71. The summed E-state index contributed by atoms with van der Waals surface area (Å²) in [7, 11) is 4.03. The second-order valence-electron chi connectivity index (χ2n) is 11.7. The molecule has 0 radical (unpaired) electrons. The molecule has 0 bridgehead atoms. The van der Waals surface area contributed by atoms with Crippen molar-refractivity contribution in [2.24, 2.45) is 5.41 Å². The van der Waals surface area contributed by atoms with Crippen molar-refractivity contribution in [2.75, 3.05) is 55.4 Å². The molecule has 3 aliphatic rings. The molecular weight excluding hydrogens is 494 g/mol. The van der Waals surface area contributed by atoms with Crippen molar-refractivity contribution in [2.45, 2.75) is 26.3 Å². The molecule has 6 heterocycles. The van der Waals surface area contributed by atoms with Crippen LogP contribution >= 0.6 is 0 Å². The number of fused-ring (bicyclic) bond motifs is 2. The highest BCUT2D eigenvalue weighted by atomic mass is 16.1. The average molecular weight is 526 g/mol. The SMILES string of the molecule is CC1=C(C(=O)Nc2ccc3[nH]nc(-c4ccnc(N5CC6(CN(C)C6)C5)c4)c3c2)C(C)(C)n2nnnc2N1C. The number of hydrogen-bond donors (Lipinski definition) is 2. The third kappa shape index (κ3) is 3.54. The van der Waals surface area contributed by atoms with E-state index in [1.165, 1.54) is 0 Å². The number of rotatable bonds is 4. The molecule has 1 amide bonds. The third-order valence-electron chi connectivity index (χ3n) is 8.41. The number of benzene rings is 1. The van der Waals surface area contributed by atoms with Crippen LogP contribution in [0.5, 0.6) is 0 Å². The lowest BCUT2D eigenvalue weighted by molar-refractivity contribution is -0.113. The average Bonchev–Trinajstić information content (AvgIpc) is 3.52. The molecule has 3 aromatic heterocycles. The zero-order valence-electron chi connectivity index (χ0n) is 22.7. The molecule has 0 atom stereocenters. The maximum atomic E-state index is 13.6. The van der Waals surface area contributed by atoms with E-state index in [1.807, 2.05) is 63.2 Å². The third-order valence-corrected chi connectivity index (χ3v) is 8.41. The summed E-state index contributed by atoms with van der Waals surface area (Å²) in [5, 5.41) is 23.9. The number of carbonyl (C=O) groups excluding carboxylic acids is 1. The van der Waals surface area contributed by atoms with Crippen LogP contribution in [0.25, 0.3) is 22.2 Å². The Kier molecular flexibility index (Phi) is 4.93. The number of likely N-dealkylation sites (tertiary alicyclic amines) is 1. The molecule has 0 aliphatic carbocycles. The molecule has 1 aromatic carbocycles. The summed E-state index contributed by atoms with van der Waals surface area (Å²) in [5.41, 5.74) is 4.51. The number of nitrogens with one attached hydrogen (secondary N) is 2. The van der Waals surface area contributed by atoms with Crippen molar-refractivity contribution >= 4 is 34.3 Å². The number of anilines is 3. The van der Waals surface area contributed by atoms with Crippen molar-refractivity contribution in [3.63, 3.8) is 0 Å². The van der Waals surface area contributed by atoms with Crippen LogP contribution in [-0.2, 0) is 10.3 Å². The van der Waals surface area contributed by atoms with Gasteiger partial charge in [-0.3, -0.25) is 9.89 Å². The van der Waals surface area contributed by atoms with Crippen LogP contribution in [0.2, 0.25) is 0 Å². The standard InChI is InChI=1S/C27H31N11O/c1-16-22(26(2,3)38-25(36(16)5)32-33-34-38)24(39)29-18-6-7-20-19(11-18)23(31-30-20)17-8-9-28-21(10-17)37-14-27(15-37)12-35(4)13-27/h6-11H,12-15H2,1-5H3,(H,29,39)(H,30,31). The van der Waals surface area contributed by atoms with Crippen LogP contribution in [-0.4, -0.2) is 86.5 Å². The minimum Gasteiger partial charge on any atom is -0.355 e. The van der Waals surface area contributed by atoms with E-state index in [1.54, 1.807) is 4.68 Å². The van der Waals surface area contributed by atoms with E-state index in [9.17, 15) is 4.79 Å². The maximum absolute atomic E-state index is 13.6. The van der Waals surface area contributed by atoms with Gasteiger partial charge < -0.3 is 20.0 Å². The van der Waals surface area contributed by atoms with E-state index in [2.05, 4.69) is 58.9 Å². The minimum absolute atomic E-state index is 0.200. The van der Waals surface area contributed by atoms with Gasteiger partial charge >= 0.3 is 0 Å². The van der Waals surface area contributed by atoms with E-state index in [4.69, 9.17) is 0 Å². The van der Waals surface area contributed by atoms with Gasteiger partial charge in [-0.25, -0.2) is 9.67 Å². The molecule has 12 heteroatoms. The Balaban J connectivity index is 1.16. The van der Waals surface area contributed by atoms with E-state index < -0.39 is 5.54 Å². The fourth-order valence-electron chi connectivity index (χ4n) is 6.53. The van der Waals surface area contributed by atoms with E-state index in [-0.39, 0.29) is 5.91 Å². The van der Waals surface area contributed by atoms with Gasteiger partial charge in [0.05, 0.1) is 16.6 Å². The van der Waals surface area contributed by atoms with Gasteiger partial charge in [0.15, 0.2) is 0 Å². The second-order valence-corrected chi connectivity index (χ2v) is 11.7. The Bertz CT molecular complexity index is 1650. The predicted octanol–water partition coefficient (Wildman–Crippen LogP) is 2.46. The predicted molar refractivity (Wildman–Crippen MR) is 148 cm³/mol. The van der Waals surface area contributed by atoms with E-state index >= 15 is 0 Å². The number of aromatic nitrogens is 7. The highest BCUT2D eigenvalue weighted by Gasteiger charge is 2.50. The van der Waals surface area contributed by atoms with Crippen molar-refractivity contribution in [3.05, 3.63) is 47.8 Å². The number of nitrogens with zero attached hydrogens (tertiary/aromatic N) is 9. The number of hydrogen-bond acceptors (Lipinski definition) is 9. The number of aromatic amines is 1. The smallest absolute Gasteiger partial charge is 0.255 e. The summed E-state index contributed by atoms with van der Waals surface area (Å²) < 4.78 is 1.68. The fraction of sp³-hybridized carbons (Fsp3) is 0.407. The molecule has 200 valence electrons. The monoisotopic (exact) mass is 525 g/mol. The Morgan fingerprint density at radius 1 is 1.08 bits per heavy atom. The van der Waals surface area contributed by atoms with Gasteiger partial charge in [0, 0.05) is 67.2 Å². The Hall–Kier alpha value is -4.32. The van der Waals surface area contributed by atoms with E-state index in [0.29, 0.717) is 22.6 Å². The summed E-state index contributed by atoms with van der Waals surface area (Å²) >= 11 is 0. The molecule has 3 aliphatic heterocycles. The largest absolute Gasteiger partial charge is 0.355 e. The second kappa shape index (κ2) is 8.09. The summed E-state index contributed by atoms with van der Waals surface area (Å²) in [6, 6.07) is 9.87. The van der Waals surface area contributed by atoms with Crippen LogP contribution < -0.4 is 15.1 Å². The highest BCUT2D eigenvalue weighted by molar-refractivity contribution is 6.07. The number of allylic oxidation sites excluding steroid dienone is 1. The summed E-state index contributed by atoms with van der Waals surface area (Å²) in [6.45, 7) is 10.2. The molecule has 2 fully saturated rings.